The molecule has 1 saturated heterocycles. The fourth-order valence-corrected chi connectivity index (χ4v) is 4.62. The van der Waals surface area contributed by atoms with Gasteiger partial charge in [0.05, 0.1) is 12.8 Å². The second kappa shape index (κ2) is 7.51. The highest BCUT2D eigenvalue weighted by Gasteiger charge is 2.55. The van der Waals surface area contributed by atoms with Gasteiger partial charge in [-0.05, 0) is 66.8 Å². The molecule has 2 atom stereocenters. The Morgan fingerprint density at radius 3 is 2.70 bits per heavy atom. The fourth-order valence-electron chi connectivity index (χ4n) is 4.62. The van der Waals surface area contributed by atoms with Gasteiger partial charge in [-0.25, -0.2) is 4.90 Å². The minimum absolute atomic E-state index is 0.0743. The molecule has 0 N–H and O–H groups in total. The predicted molar refractivity (Wildman–Crippen MR) is 115 cm³/mol. The third kappa shape index (κ3) is 3.17. The van der Waals surface area contributed by atoms with E-state index in [1.54, 1.807) is 19.2 Å². The number of imide groups is 1. The summed E-state index contributed by atoms with van der Waals surface area (Å²) in [5.74, 6) is 0.704. The number of carbonyl (C=O) groups excluding carboxylic acids is 2. The molecule has 6 rings (SSSR count). The second-order valence-electron chi connectivity index (χ2n) is 8.25. The van der Waals surface area contributed by atoms with Crippen molar-refractivity contribution in [3.63, 3.8) is 0 Å². The maximum atomic E-state index is 13.3. The number of anilines is 1. The first-order valence-electron chi connectivity index (χ1n) is 10.8. The molecule has 10 heteroatoms. The van der Waals surface area contributed by atoms with Crippen molar-refractivity contribution >= 4 is 17.5 Å². The molecule has 0 radical (unpaired) electrons. The summed E-state index contributed by atoms with van der Waals surface area (Å²) in [7, 11) is 1.60. The fraction of sp³-hybridized carbons (Fsp3) is 0.304. The highest BCUT2D eigenvalue weighted by atomic mass is 16.5. The number of hydrogen-bond acceptors (Lipinski definition) is 9. The number of carbonyl (C=O) groups is 2. The molecule has 3 aliphatic rings. The Kier molecular flexibility index (Phi) is 4.46. The van der Waals surface area contributed by atoms with Crippen LogP contribution in [0.3, 0.4) is 0 Å². The Labute approximate surface area is 188 Å². The van der Waals surface area contributed by atoms with Gasteiger partial charge in [0.1, 0.15) is 12.3 Å². The van der Waals surface area contributed by atoms with Gasteiger partial charge in [0, 0.05) is 5.56 Å². The lowest BCUT2D eigenvalue weighted by atomic mass is 10.1. The Balaban J connectivity index is 1.21. The van der Waals surface area contributed by atoms with E-state index in [-0.39, 0.29) is 24.2 Å². The first-order valence-corrected chi connectivity index (χ1v) is 10.8. The van der Waals surface area contributed by atoms with E-state index >= 15 is 0 Å². The van der Waals surface area contributed by atoms with Crippen LogP contribution in [-0.4, -0.2) is 46.2 Å². The van der Waals surface area contributed by atoms with Gasteiger partial charge < -0.3 is 9.26 Å². The van der Waals surface area contributed by atoms with Crippen molar-refractivity contribution in [2.24, 2.45) is 10.3 Å². The largest absolute Gasteiger partial charge is 0.497 e. The SMILES string of the molecule is COc1ccc(-c2noc(CN3N=N[C@@H]4C(=O)N(c5ccc6c(c5)CCC6)C(=O)[C@@H]43)n2)cc1. The molecular weight excluding hydrogens is 424 g/mol. The van der Waals surface area contributed by atoms with Gasteiger partial charge in [-0.1, -0.05) is 16.4 Å². The number of aromatic nitrogens is 2. The molecule has 1 fully saturated rings. The molecule has 2 aliphatic heterocycles. The van der Waals surface area contributed by atoms with Crippen LogP contribution < -0.4 is 9.64 Å². The van der Waals surface area contributed by atoms with E-state index in [2.05, 4.69) is 20.5 Å². The van der Waals surface area contributed by atoms with E-state index in [1.165, 1.54) is 21.0 Å². The molecule has 0 saturated carbocycles. The normalized spacial score (nSPS) is 21.1. The Morgan fingerprint density at radius 1 is 1.06 bits per heavy atom. The lowest BCUT2D eigenvalue weighted by Crippen LogP contribution is -2.39. The summed E-state index contributed by atoms with van der Waals surface area (Å²) in [5, 5.41) is 13.6. The van der Waals surface area contributed by atoms with Gasteiger partial charge in [-0.3, -0.25) is 14.6 Å². The molecule has 166 valence electrons. The third-order valence-electron chi connectivity index (χ3n) is 6.31. The predicted octanol–water partition coefficient (Wildman–Crippen LogP) is 2.73. The molecule has 0 spiro atoms. The van der Waals surface area contributed by atoms with Gasteiger partial charge >= 0.3 is 0 Å². The number of ether oxygens (including phenoxy) is 1. The summed E-state index contributed by atoms with van der Waals surface area (Å²) in [6, 6.07) is 11.4. The molecule has 1 aliphatic carbocycles. The van der Waals surface area contributed by atoms with Crippen LogP contribution in [-0.2, 0) is 29.0 Å². The topological polar surface area (TPSA) is 113 Å². The van der Waals surface area contributed by atoms with Crippen molar-refractivity contribution in [3.8, 4) is 17.1 Å². The van der Waals surface area contributed by atoms with E-state index < -0.39 is 12.1 Å². The standard InChI is InChI=1S/C23H20N6O4/c1-32-17-9-6-14(7-10-17)21-24-18(33-26-21)12-28-20-19(25-27-28)22(30)29(23(20)31)16-8-5-13-3-2-4-15(13)11-16/h5-11,19-20H,2-4,12H2,1H3/t19-,20+/m0/s1. The number of amides is 2. The van der Waals surface area contributed by atoms with Crippen molar-refractivity contribution in [2.75, 3.05) is 12.0 Å². The Bertz CT molecular complexity index is 1280. The summed E-state index contributed by atoms with van der Waals surface area (Å²) in [6.45, 7) is 0.0743. The van der Waals surface area contributed by atoms with Crippen LogP contribution >= 0.6 is 0 Å². The van der Waals surface area contributed by atoms with Crippen molar-refractivity contribution in [1.82, 2.24) is 15.1 Å². The first-order chi connectivity index (χ1) is 16.1. The highest BCUT2D eigenvalue weighted by Crippen LogP contribution is 2.35. The lowest BCUT2D eigenvalue weighted by Gasteiger charge is -2.19. The van der Waals surface area contributed by atoms with Gasteiger partial charge in [0.25, 0.3) is 11.8 Å². The maximum Gasteiger partial charge on any atom is 0.263 e. The van der Waals surface area contributed by atoms with Crippen LogP contribution in [0.15, 0.2) is 57.3 Å². The Morgan fingerprint density at radius 2 is 1.88 bits per heavy atom. The van der Waals surface area contributed by atoms with Crippen LogP contribution in [0, 0.1) is 0 Å². The van der Waals surface area contributed by atoms with Gasteiger partial charge in [-0.15, -0.1) is 0 Å². The maximum absolute atomic E-state index is 13.3. The molecule has 33 heavy (non-hydrogen) atoms. The van der Waals surface area contributed by atoms with E-state index in [0.717, 1.165) is 30.6 Å². The van der Waals surface area contributed by atoms with Crippen molar-refractivity contribution in [1.29, 1.82) is 0 Å². The van der Waals surface area contributed by atoms with Crippen LogP contribution in [0.5, 0.6) is 5.75 Å². The molecule has 1 aromatic heterocycles. The summed E-state index contributed by atoms with van der Waals surface area (Å²) < 4.78 is 10.5. The van der Waals surface area contributed by atoms with E-state index in [9.17, 15) is 9.59 Å². The van der Waals surface area contributed by atoms with Gasteiger partial charge in [0.15, 0.2) is 12.1 Å². The van der Waals surface area contributed by atoms with E-state index in [0.29, 0.717) is 11.5 Å². The number of methoxy groups -OCH3 is 1. The number of hydrogen-bond donors (Lipinski definition) is 0. The van der Waals surface area contributed by atoms with Crippen LogP contribution in [0.25, 0.3) is 11.4 Å². The minimum atomic E-state index is -0.866. The van der Waals surface area contributed by atoms with Crippen LogP contribution in [0.1, 0.15) is 23.4 Å². The zero-order valence-corrected chi connectivity index (χ0v) is 17.8. The van der Waals surface area contributed by atoms with E-state index in [4.69, 9.17) is 9.26 Å². The second-order valence-corrected chi connectivity index (χ2v) is 8.25. The van der Waals surface area contributed by atoms with Gasteiger partial charge in [0.2, 0.25) is 11.7 Å². The van der Waals surface area contributed by atoms with Crippen molar-refractivity contribution in [2.45, 2.75) is 37.9 Å². The number of benzene rings is 2. The molecule has 3 aromatic rings. The van der Waals surface area contributed by atoms with Crippen molar-refractivity contribution < 1.29 is 18.8 Å². The number of nitrogens with zero attached hydrogens (tertiary/aromatic N) is 6. The molecule has 3 heterocycles. The number of fused-ring (bicyclic) bond motifs is 2. The third-order valence-corrected chi connectivity index (χ3v) is 6.31. The summed E-state index contributed by atoms with van der Waals surface area (Å²) in [5.41, 5.74) is 3.83. The van der Waals surface area contributed by atoms with Crippen LogP contribution in [0.4, 0.5) is 5.69 Å². The highest BCUT2D eigenvalue weighted by molar-refractivity contribution is 6.25. The molecule has 0 bridgehead atoms. The molecular formula is C23H20N6O4. The smallest absolute Gasteiger partial charge is 0.263 e. The summed E-state index contributed by atoms with van der Waals surface area (Å²) in [4.78, 5) is 31.9. The monoisotopic (exact) mass is 444 g/mol. The van der Waals surface area contributed by atoms with Crippen LogP contribution in [0.2, 0.25) is 0 Å². The minimum Gasteiger partial charge on any atom is -0.497 e. The van der Waals surface area contributed by atoms with Crippen molar-refractivity contribution in [3.05, 3.63) is 59.5 Å². The average molecular weight is 444 g/mol. The molecule has 2 amide bonds. The number of rotatable bonds is 5. The Hall–Kier alpha value is -4.08. The summed E-state index contributed by atoms with van der Waals surface area (Å²) >= 11 is 0. The zero-order valence-electron chi connectivity index (χ0n) is 17.8. The molecule has 2 aromatic carbocycles. The zero-order chi connectivity index (χ0) is 22.5. The summed E-state index contributed by atoms with van der Waals surface area (Å²) in [6.07, 6.45) is 3.09. The quantitative estimate of drug-likeness (QED) is 0.556. The first kappa shape index (κ1) is 19.6. The molecule has 10 nitrogen and oxygen atoms in total. The lowest BCUT2D eigenvalue weighted by molar-refractivity contribution is -0.123. The molecule has 0 unspecified atom stereocenters. The van der Waals surface area contributed by atoms with E-state index in [1.807, 2.05) is 30.3 Å². The average Bonchev–Trinajstić information content (AvgIpc) is 3.61. The van der Waals surface area contributed by atoms with Gasteiger partial charge in [-0.2, -0.15) is 10.1 Å². The number of aryl methyl sites for hydroxylation is 2.